The molecule has 0 aliphatic heterocycles. The van der Waals surface area contributed by atoms with Gasteiger partial charge in [-0.15, -0.1) is 6.58 Å². The Morgan fingerprint density at radius 2 is 2.17 bits per heavy atom. The van der Waals surface area contributed by atoms with Crippen molar-refractivity contribution in [1.29, 1.82) is 0 Å². The van der Waals surface area contributed by atoms with Crippen LogP contribution in [0.2, 0.25) is 0 Å². The molecule has 0 amide bonds. The first-order valence-electron chi connectivity index (χ1n) is 7.90. The maximum atomic E-state index is 10.1. The van der Waals surface area contributed by atoms with Gasteiger partial charge in [-0.3, -0.25) is 4.90 Å². The first kappa shape index (κ1) is 19.6. The summed E-state index contributed by atoms with van der Waals surface area (Å²) in [6.07, 6.45) is 2.07. The van der Waals surface area contributed by atoms with Crippen molar-refractivity contribution in [2.75, 3.05) is 47.1 Å². The molecule has 0 saturated carbocycles. The van der Waals surface area contributed by atoms with Gasteiger partial charge in [0, 0.05) is 33.4 Å². The summed E-state index contributed by atoms with van der Waals surface area (Å²) in [6.45, 7) is 7.22. The number of rotatable bonds is 13. The zero-order valence-electron chi connectivity index (χ0n) is 14.2. The Hall–Kier alpha value is -1.40. The van der Waals surface area contributed by atoms with Crippen molar-refractivity contribution >= 4 is 0 Å². The number of aliphatic hydroxyl groups excluding tert-OH is 1. The van der Waals surface area contributed by atoms with E-state index >= 15 is 0 Å². The van der Waals surface area contributed by atoms with Crippen LogP contribution in [0.5, 0.6) is 5.75 Å². The first-order valence-corrected chi connectivity index (χ1v) is 7.90. The summed E-state index contributed by atoms with van der Waals surface area (Å²) >= 11 is 0. The molecule has 1 rings (SSSR count). The van der Waals surface area contributed by atoms with Crippen LogP contribution in [-0.2, 0) is 16.0 Å². The van der Waals surface area contributed by atoms with Gasteiger partial charge in [-0.05, 0) is 24.1 Å². The highest BCUT2D eigenvalue weighted by Crippen LogP contribution is 2.15. The molecular formula is C18H29NO4. The predicted octanol–water partition coefficient (Wildman–Crippen LogP) is 2.10. The molecule has 1 unspecified atom stereocenters. The van der Waals surface area contributed by atoms with Gasteiger partial charge in [0.25, 0.3) is 0 Å². The molecule has 0 spiro atoms. The van der Waals surface area contributed by atoms with Gasteiger partial charge in [0.15, 0.2) is 0 Å². The molecule has 0 aliphatic rings. The van der Waals surface area contributed by atoms with E-state index in [4.69, 9.17) is 14.2 Å². The van der Waals surface area contributed by atoms with Gasteiger partial charge in [-0.1, -0.05) is 18.2 Å². The molecule has 0 fully saturated rings. The molecule has 0 bridgehead atoms. The average molecular weight is 323 g/mol. The highest BCUT2D eigenvalue weighted by Gasteiger charge is 2.13. The number of aliphatic hydroxyl groups is 1. The van der Waals surface area contributed by atoms with Crippen LogP contribution < -0.4 is 4.74 Å². The fourth-order valence-electron chi connectivity index (χ4n) is 2.33. The van der Waals surface area contributed by atoms with Gasteiger partial charge in [0.2, 0.25) is 0 Å². The summed E-state index contributed by atoms with van der Waals surface area (Å²) in [7, 11) is 3.36. The van der Waals surface area contributed by atoms with Crippen LogP contribution in [0.4, 0.5) is 0 Å². The molecule has 0 aromatic heterocycles. The third kappa shape index (κ3) is 8.71. The van der Waals surface area contributed by atoms with Gasteiger partial charge in [-0.2, -0.15) is 0 Å². The largest absolute Gasteiger partial charge is 0.497 e. The third-order valence-electron chi connectivity index (χ3n) is 3.38. The number of nitrogens with zero attached hydrogens (tertiary/aromatic N) is 1. The Morgan fingerprint density at radius 1 is 1.35 bits per heavy atom. The van der Waals surface area contributed by atoms with Crippen molar-refractivity contribution in [2.45, 2.75) is 19.1 Å². The first-order chi connectivity index (χ1) is 11.2. The maximum Gasteiger partial charge on any atom is 0.119 e. The summed E-state index contributed by atoms with van der Waals surface area (Å²) in [4.78, 5) is 2.20. The zero-order valence-corrected chi connectivity index (χ0v) is 14.2. The highest BCUT2D eigenvalue weighted by atomic mass is 16.5. The molecule has 0 aliphatic carbocycles. The minimum absolute atomic E-state index is 0.310. The van der Waals surface area contributed by atoms with E-state index < -0.39 is 6.10 Å². The lowest BCUT2D eigenvalue weighted by Gasteiger charge is -2.25. The molecule has 5 nitrogen and oxygen atoms in total. The minimum atomic E-state index is -0.525. The zero-order chi connectivity index (χ0) is 16.9. The van der Waals surface area contributed by atoms with Crippen molar-refractivity contribution in [3.8, 4) is 5.75 Å². The molecule has 1 atom stereocenters. The lowest BCUT2D eigenvalue weighted by Crippen LogP contribution is -2.35. The van der Waals surface area contributed by atoms with Crippen LogP contribution in [0.15, 0.2) is 36.9 Å². The van der Waals surface area contributed by atoms with Crippen molar-refractivity contribution < 1.29 is 19.3 Å². The van der Waals surface area contributed by atoms with E-state index in [1.807, 2.05) is 18.2 Å². The normalized spacial score (nSPS) is 12.3. The maximum absolute atomic E-state index is 10.1. The number of hydrogen-bond acceptors (Lipinski definition) is 5. The molecule has 0 saturated heterocycles. The van der Waals surface area contributed by atoms with Crippen molar-refractivity contribution in [1.82, 2.24) is 4.90 Å². The van der Waals surface area contributed by atoms with E-state index in [1.165, 1.54) is 0 Å². The SMILES string of the molecule is C=CCOCC(O)CN(CCCOC)Cc1cccc(OC)c1. The molecule has 1 aromatic carbocycles. The van der Waals surface area contributed by atoms with Crippen molar-refractivity contribution in [3.63, 3.8) is 0 Å². The number of hydrogen-bond donors (Lipinski definition) is 1. The summed E-state index contributed by atoms with van der Waals surface area (Å²) in [5, 5.41) is 10.1. The number of methoxy groups -OCH3 is 2. The number of benzene rings is 1. The average Bonchev–Trinajstić information content (AvgIpc) is 2.55. The Kier molecular flexibility index (Phi) is 10.3. The molecular weight excluding hydrogens is 294 g/mol. The van der Waals surface area contributed by atoms with E-state index in [0.717, 1.165) is 30.8 Å². The molecule has 5 heteroatoms. The van der Waals surface area contributed by atoms with Crippen LogP contribution in [0, 0.1) is 0 Å². The third-order valence-corrected chi connectivity index (χ3v) is 3.38. The van der Waals surface area contributed by atoms with Crippen molar-refractivity contribution in [3.05, 3.63) is 42.5 Å². The van der Waals surface area contributed by atoms with Gasteiger partial charge >= 0.3 is 0 Å². The molecule has 0 radical (unpaired) electrons. The van der Waals surface area contributed by atoms with Gasteiger partial charge in [0.05, 0.1) is 26.4 Å². The lowest BCUT2D eigenvalue weighted by molar-refractivity contribution is 0.0229. The Morgan fingerprint density at radius 3 is 2.87 bits per heavy atom. The predicted molar refractivity (Wildman–Crippen MR) is 91.8 cm³/mol. The monoisotopic (exact) mass is 323 g/mol. The Balaban J connectivity index is 2.57. The summed E-state index contributed by atoms with van der Waals surface area (Å²) in [5.74, 6) is 0.842. The fourth-order valence-corrected chi connectivity index (χ4v) is 2.33. The molecule has 1 N–H and O–H groups in total. The standard InChI is InChI=1S/C18H29NO4/c1-4-10-23-15-17(20)14-19(9-6-11-21-2)13-16-7-5-8-18(12-16)22-3/h4-5,7-8,12,17,20H,1,6,9-11,13-15H2,2-3H3. The second-order valence-corrected chi connectivity index (χ2v) is 5.41. The molecule has 23 heavy (non-hydrogen) atoms. The second kappa shape index (κ2) is 12.1. The van der Waals surface area contributed by atoms with E-state index in [9.17, 15) is 5.11 Å². The molecule has 1 aromatic rings. The molecule has 0 heterocycles. The fraction of sp³-hybridized carbons (Fsp3) is 0.556. The van der Waals surface area contributed by atoms with Crippen molar-refractivity contribution in [2.24, 2.45) is 0 Å². The van der Waals surface area contributed by atoms with E-state index in [0.29, 0.717) is 26.4 Å². The van der Waals surface area contributed by atoms with Crippen LogP contribution in [0.1, 0.15) is 12.0 Å². The van der Waals surface area contributed by atoms with Crippen LogP contribution in [0.3, 0.4) is 0 Å². The van der Waals surface area contributed by atoms with Gasteiger partial charge < -0.3 is 19.3 Å². The van der Waals surface area contributed by atoms with E-state index in [2.05, 4.69) is 17.5 Å². The van der Waals surface area contributed by atoms with Crippen LogP contribution >= 0.6 is 0 Å². The second-order valence-electron chi connectivity index (χ2n) is 5.41. The van der Waals surface area contributed by atoms with Gasteiger partial charge in [-0.25, -0.2) is 0 Å². The summed E-state index contributed by atoms with van der Waals surface area (Å²) in [6, 6.07) is 7.98. The lowest BCUT2D eigenvalue weighted by atomic mass is 10.2. The molecule has 130 valence electrons. The Bertz CT molecular complexity index is 439. The minimum Gasteiger partial charge on any atom is -0.497 e. The smallest absolute Gasteiger partial charge is 0.119 e. The summed E-state index contributed by atoms with van der Waals surface area (Å²) < 4.78 is 15.7. The quantitative estimate of drug-likeness (QED) is 0.445. The van der Waals surface area contributed by atoms with Crippen LogP contribution in [-0.4, -0.2) is 63.2 Å². The number of ether oxygens (including phenoxy) is 3. The highest BCUT2D eigenvalue weighted by molar-refractivity contribution is 5.28. The van der Waals surface area contributed by atoms with E-state index in [-0.39, 0.29) is 0 Å². The van der Waals surface area contributed by atoms with Gasteiger partial charge in [0.1, 0.15) is 5.75 Å². The van der Waals surface area contributed by atoms with Crippen LogP contribution in [0.25, 0.3) is 0 Å². The van der Waals surface area contributed by atoms with E-state index in [1.54, 1.807) is 20.3 Å². The topological polar surface area (TPSA) is 51.2 Å². The Labute approximate surface area is 139 Å². The summed E-state index contributed by atoms with van der Waals surface area (Å²) in [5.41, 5.74) is 1.15.